The zero-order valence-electron chi connectivity index (χ0n) is 10.8. The highest BCUT2D eigenvalue weighted by Gasteiger charge is 2.35. The molecule has 0 radical (unpaired) electrons. The van der Waals surface area contributed by atoms with Crippen molar-refractivity contribution >= 4 is 10.0 Å². The lowest BCUT2D eigenvalue weighted by Crippen LogP contribution is -2.34. The Bertz CT molecular complexity index is 665. The van der Waals surface area contributed by atoms with Crippen LogP contribution in [-0.2, 0) is 10.0 Å². The second kappa shape index (κ2) is 4.96. The van der Waals surface area contributed by atoms with E-state index in [-0.39, 0.29) is 4.90 Å². The Morgan fingerprint density at radius 1 is 1.25 bits per heavy atom. The minimum atomic E-state index is -3.66. The molecule has 0 aliphatic carbocycles. The number of fused-ring (bicyclic) bond motifs is 1. The molecule has 3 rings (SSSR count). The van der Waals surface area contributed by atoms with Crippen LogP contribution in [0.1, 0.15) is 12.8 Å². The van der Waals surface area contributed by atoms with E-state index in [0.29, 0.717) is 44.1 Å². The molecule has 0 spiro atoms. The molecule has 0 bridgehead atoms. The van der Waals surface area contributed by atoms with E-state index in [9.17, 15) is 8.42 Å². The highest BCUT2D eigenvalue weighted by atomic mass is 32.2. The predicted octanol–water partition coefficient (Wildman–Crippen LogP) is 1.13. The monoisotopic (exact) mass is 294 g/mol. The summed E-state index contributed by atoms with van der Waals surface area (Å²) in [6, 6.07) is 6.03. The first-order valence-electron chi connectivity index (χ1n) is 6.44. The maximum Gasteiger partial charge on any atom is 0.244 e. The summed E-state index contributed by atoms with van der Waals surface area (Å²) in [5.41, 5.74) is 0. The Balaban J connectivity index is 1.97. The van der Waals surface area contributed by atoms with Crippen molar-refractivity contribution < 1.29 is 17.9 Å². The SMILES string of the molecule is N#CC1CCCN1S(=O)(=O)c1ccc2c(c1)OCCO2. The van der Waals surface area contributed by atoms with Gasteiger partial charge in [-0.2, -0.15) is 9.57 Å². The second-order valence-corrected chi connectivity index (χ2v) is 6.60. The molecule has 0 N–H and O–H groups in total. The molecular formula is C13H14N2O4S. The van der Waals surface area contributed by atoms with Gasteiger partial charge < -0.3 is 9.47 Å². The van der Waals surface area contributed by atoms with Crippen LogP contribution in [0.3, 0.4) is 0 Å². The molecule has 1 saturated heterocycles. The molecule has 7 heteroatoms. The van der Waals surface area contributed by atoms with Crippen molar-refractivity contribution in [3.8, 4) is 17.6 Å². The normalized spacial score (nSPS) is 22.4. The Kier molecular flexibility index (Phi) is 3.28. The molecule has 1 aromatic rings. The van der Waals surface area contributed by atoms with Crippen molar-refractivity contribution in [3.63, 3.8) is 0 Å². The van der Waals surface area contributed by atoms with Gasteiger partial charge in [-0.25, -0.2) is 8.42 Å². The quantitative estimate of drug-likeness (QED) is 0.817. The van der Waals surface area contributed by atoms with E-state index in [0.717, 1.165) is 0 Å². The van der Waals surface area contributed by atoms with Crippen molar-refractivity contribution in [1.29, 1.82) is 5.26 Å². The summed E-state index contributed by atoms with van der Waals surface area (Å²) in [5, 5.41) is 9.04. The fourth-order valence-electron chi connectivity index (χ4n) is 2.48. The number of ether oxygens (including phenoxy) is 2. The summed E-state index contributed by atoms with van der Waals surface area (Å²) >= 11 is 0. The van der Waals surface area contributed by atoms with Crippen LogP contribution in [-0.4, -0.2) is 38.5 Å². The Morgan fingerprint density at radius 2 is 2.00 bits per heavy atom. The molecular weight excluding hydrogens is 280 g/mol. The molecule has 106 valence electrons. The zero-order chi connectivity index (χ0) is 14.2. The average molecular weight is 294 g/mol. The highest BCUT2D eigenvalue weighted by molar-refractivity contribution is 7.89. The third-order valence-electron chi connectivity index (χ3n) is 3.47. The van der Waals surface area contributed by atoms with Gasteiger partial charge in [0.1, 0.15) is 19.3 Å². The Hall–Kier alpha value is -1.78. The van der Waals surface area contributed by atoms with Crippen LogP contribution in [0, 0.1) is 11.3 Å². The smallest absolute Gasteiger partial charge is 0.244 e. The summed E-state index contributed by atoms with van der Waals surface area (Å²) in [5.74, 6) is 0.985. The molecule has 2 aliphatic rings. The first-order valence-corrected chi connectivity index (χ1v) is 7.88. The topological polar surface area (TPSA) is 79.6 Å². The third-order valence-corrected chi connectivity index (χ3v) is 5.38. The first kappa shape index (κ1) is 13.2. The number of sulfonamides is 1. The van der Waals surface area contributed by atoms with Crippen molar-refractivity contribution in [2.45, 2.75) is 23.8 Å². The van der Waals surface area contributed by atoms with Crippen LogP contribution in [0.2, 0.25) is 0 Å². The minimum Gasteiger partial charge on any atom is -0.486 e. The van der Waals surface area contributed by atoms with Crippen LogP contribution in [0.25, 0.3) is 0 Å². The number of nitrogens with zero attached hydrogens (tertiary/aromatic N) is 2. The fourth-order valence-corrected chi connectivity index (χ4v) is 4.10. The summed E-state index contributed by atoms with van der Waals surface area (Å²) in [4.78, 5) is 0.143. The molecule has 0 amide bonds. The summed E-state index contributed by atoms with van der Waals surface area (Å²) in [7, 11) is -3.66. The van der Waals surface area contributed by atoms with E-state index in [1.807, 2.05) is 6.07 Å². The predicted molar refractivity (Wildman–Crippen MR) is 70.0 cm³/mol. The van der Waals surface area contributed by atoms with Gasteiger partial charge >= 0.3 is 0 Å². The number of nitriles is 1. The minimum absolute atomic E-state index is 0.143. The van der Waals surface area contributed by atoms with E-state index in [1.165, 1.54) is 16.4 Å². The molecule has 2 aliphatic heterocycles. The molecule has 1 fully saturated rings. The largest absolute Gasteiger partial charge is 0.486 e. The maximum atomic E-state index is 12.6. The fraction of sp³-hybridized carbons (Fsp3) is 0.462. The van der Waals surface area contributed by atoms with Crippen LogP contribution < -0.4 is 9.47 Å². The summed E-state index contributed by atoms with van der Waals surface area (Å²) in [6.07, 6.45) is 1.29. The van der Waals surface area contributed by atoms with Gasteiger partial charge in [-0.15, -0.1) is 0 Å². The van der Waals surface area contributed by atoms with Crippen molar-refractivity contribution in [3.05, 3.63) is 18.2 Å². The van der Waals surface area contributed by atoms with Gasteiger partial charge in [0.15, 0.2) is 11.5 Å². The van der Waals surface area contributed by atoms with E-state index in [1.54, 1.807) is 6.07 Å². The van der Waals surface area contributed by atoms with Gasteiger partial charge in [-0.1, -0.05) is 0 Å². The maximum absolute atomic E-state index is 12.6. The third kappa shape index (κ3) is 2.11. The van der Waals surface area contributed by atoms with E-state index < -0.39 is 16.1 Å². The summed E-state index contributed by atoms with van der Waals surface area (Å²) < 4.78 is 37.2. The summed E-state index contributed by atoms with van der Waals surface area (Å²) in [6.45, 7) is 1.25. The van der Waals surface area contributed by atoms with Gasteiger partial charge in [0.25, 0.3) is 0 Å². The van der Waals surface area contributed by atoms with Gasteiger partial charge in [0.05, 0.1) is 11.0 Å². The van der Waals surface area contributed by atoms with Gasteiger partial charge in [-0.3, -0.25) is 0 Å². The lowest BCUT2D eigenvalue weighted by molar-refractivity contribution is 0.171. The van der Waals surface area contributed by atoms with Gasteiger partial charge in [0, 0.05) is 12.6 Å². The van der Waals surface area contributed by atoms with E-state index >= 15 is 0 Å². The van der Waals surface area contributed by atoms with Crippen molar-refractivity contribution in [2.24, 2.45) is 0 Å². The van der Waals surface area contributed by atoms with E-state index in [4.69, 9.17) is 14.7 Å². The number of rotatable bonds is 2. The van der Waals surface area contributed by atoms with Crippen LogP contribution in [0.15, 0.2) is 23.1 Å². The molecule has 1 unspecified atom stereocenters. The zero-order valence-corrected chi connectivity index (χ0v) is 11.6. The molecule has 2 heterocycles. The second-order valence-electron chi connectivity index (χ2n) is 4.71. The molecule has 1 aromatic carbocycles. The molecule has 0 saturated carbocycles. The van der Waals surface area contributed by atoms with Gasteiger partial charge in [0.2, 0.25) is 10.0 Å². The lowest BCUT2D eigenvalue weighted by atomic mass is 10.2. The first-order chi connectivity index (χ1) is 9.63. The molecule has 1 atom stereocenters. The molecule has 0 aromatic heterocycles. The van der Waals surface area contributed by atoms with Crippen molar-refractivity contribution in [2.75, 3.05) is 19.8 Å². The van der Waals surface area contributed by atoms with Crippen LogP contribution in [0.4, 0.5) is 0 Å². The molecule has 6 nitrogen and oxygen atoms in total. The standard InChI is InChI=1S/C13H14N2O4S/c14-9-10-2-1-5-15(10)20(16,17)11-3-4-12-13(8-11)19-7-6-18-12/h3-4,8,10H,1-2,5-7H2. The number of hydrogen-bond donors (Lipinski definition) is 0. The average Bonchev–Trinajstić information content (AvgIpc) is 2.96. The lowest BCUT2D eigenvalue weighted by Gasteiger charge is -2.22. The van der Waals surface area contributed by atoms with Crippen LogP contribution in [0.5, 0.6) is 11.5 Å². The highest BCUT2D eigenvalue weighted by Crippen LogP contribution is 2.34. The molecule has 20 heavy (non-hydrogen) atoms. The van der Waals surface area contributed by atoms with Gasteiger partial charge in [-0.05, 0) is 25.0 Å². The Labute approximate surface area is 117 Å². The number of benzene rings is 1. The Morgan fingerprint density at radius 3 is 2.75 bits per heavy atom. The van der Waals surface area contributed by atoms with Crippen LogP contribution >= 0.6 is 0 Å². The van der Waals surface area contributed by atoms with E-state index in [2.05, 4.69) is 0 Å². The number of hydrogen-bond acceptors (Lipinski definition) is 5. The van der Waals surface area contributed by atoms with Crippen molar-refractivity contribution in [1.82, 2.24) is 4.31 Å².